The number of benzene rings is 2. The Kier molecular flexibility index (Phi) is 3.25. The molecule has 0 fully saturated rings. The molecule has 18 heavy (non-hydrogen) atoms. The van der Waals surface area contributed by atoms with Crippen LogP contribution in [0.5, 0.6) is 0 Å². The fourth-order valence-corrected chi connectivity index (χ4v) is 4.15. The van der Waals surface area contributed by atoms with E-state index in [-0.39, 0.29) is 0 Å². The molecule has 0 nitrogen and oxygen atoms in total. The highest BCUT2D eigenvalue weighted by Crippen LogP contribution is 2.47. The summed E-state index contributed by atoms with van der Waals surface area (Å²) in [5.41, 5.74) is 4.39. The van der Waals surface area contributed by atoms with Gasteiger partial charge >= 0.3 is 0 Å². The van der Waals surface area contributed by atoms with Crippen LogP contribution >= 0.6 is 15.9 Å². The molecule has 0 saturated heterocycles. The lowest BCUT2D eigenvalue weighted by Crippen LogP contribution is -2.20. The van der Waals surface area contributed by atoms with Gasteiger partial charge in [0.05, 0.1) is 0 Å². The molecular weight excluding hydrogens is 284 g/mol. The van der Waals surface area contributed by atoms with Crippen molar-refractivity contribution in [2.75, 3.05) is 0 Å². The number of fused-ring (bicyclic) bond motifs is 1. The zero-order valence-corrected chi connectivity index (χ0v) is 12.1. The Morgan fingerprint density at radius 3 is 2.22 bits per heavy atom. The summed E-state index contributed by atoms with van der Waals surface area (Å²) in [5, 5.41) is 0. The first-order valence-electron chi connectivity index (χ1n) is 6.55. The first-order valence-corrected chi connectivity index (χ1v) is 7.47. The Labute approximate surface area is 117 Å². The van der Waals surface area contributed by atoms with E-state index in [0.717, 1.165) is 0 Å². The van der Waals surface area contributed by atoms with Crippen molar-refractivity contribution in [2.24, 2.45) is 5.92 Å². The Bertz CT molecular complexity index is 532. The van der Waals surface area contributed by atoms with E-state index in [0.29, 0.717) is 16.7 Å². The van der Waals surface area contributed by atoms with E-state index < -0.39 is 0 Å². The van der Waals surface area contributed by atoms with Crippen LogP contribution in [-0.4, -0.2) is 0 Å². The highest BCUT2D eigenvalue weighted by molar-refractivity contribution is 9.09. The molecule has 0 bridgehead atoms. The van der Waals surface area contributed by atoms with E-state index in [1.807, 2.05) is 0 Å². The minimum Gasteiger partial charge on any atom is -0.0839 e. The van der Waals surface area contributed by atoms with Crippen LogP contribution in [0.4, 0.5) is 0 Å². The van der Waals surface area contributed by atoms with Gasteiger partial charge in [0.1, 0.15) is 0 Å². The Balaban J connectivity index is 2.12. The van der Waals surface area contributed by atoms with Gasteiger partial charge in [-0.25, -0.2) is 0 Å². The van der Waals surface area contributed by atoms with Crippen molar-refractivity contribution in [2.45, 2.75) is 24.1 Å². The molecule has 1 heteroatoms. The Hall–Kier alpha value is -1.08. The van der Waals surface area contributed by atoms with Gasteiger partial charge in [-0.15, -0.1) is 0 Å². The second-order valence-corrected chi connectivity index (χ2v) is 6.30. The van der Waals surface area contributed by atoms with Crippen molar-refractivity contribution in [1.29, 1.82) is 0 Å². The Morgan fingerprint density at radius 2 is 1.50 bits per heavy atom. The van der Waals surface area contributed by atoms with Crippen molar-refractivity contribution in [3.05, 3.63) is 71.3 Å². The molecule has 0 saturated carbocycles. The van der Waals surface area contributed by atoms with Crippen molar-refractivity contribution in [3.8, 4) is 0 Å². The first-order chi connectivity index (χ1) is 8.77. The lowest BCUT2D eigenvalue weighted by Gasteiger charge is -2.34. The van der Waals surface area contributed by atoms with Gasteiger partial charge in [-0.3, -0.25) is 0 Å². The lowest BCUT2D eigenvalue weighted by atomic mass is 9.73. The maximum absolute atomic E-state index is 3.83. The summed E-state index contributed by atoms with van der Waals surface area (Å²) >= 11 is 3.83. The van der Waals surface area contributed by atoms with Gasteiger partial charge in [0.25, 0.3) is 0 Å². The highest BCUT2D eigenvalue weighted by atomic mass is 79.9. The first kappa shape index (κ1) is 12.0. The zero-order valence-electron chi connectivity index (χ0n) is 10.5. The van der Waals surface area contributed by atoms with Crippen LogP contribution in [0.15, 0.2) is 54.6 Å². The summed E-state index contributed by atoms with van der Waals surface area (Å²) in [7, 11) is 0. The minimum atomic E-state index is 0.503. The number of rotatable bonds is 1. The monoisotopic (exact) mass is 300 g/mol. The molecular formula is C17H17Br. The summed E-state index contributed by atoms with van der Waals surface area (Å²) in [6.45, 7) is 2.36. The number of alkyl halides is 1. The summed E-state index contributed by atoms with van der Waals surface area (Å²) < 4.78 is 0. The summed E-state index contributed by atoms with van der Waals surface area (Å²) in [6, 6.07) is 19.7. The predicted molar refractivity (Wildman–Crippen MR) is 80.2 cm³/mol. The molecule has 3 unspecified atom stereocenters. The van der Waals surface area contributed by atoms with E-state index in [1.165, 1.54) is 23.1 Å². The summed E-state index contributed by atoms with van der Waals surface area (Å²) in [4.78, 5) is 0.503. The molecule has 2 aromatic carbocycles. The van der Waals surface area contributed by atoms with E-state index in [1.54, 1.807) is 0 Å². The largest absolute Gasteiger partial charge is 0.0839 e. The molecule has 0 N–H and O–H groups in total. The molecule has 0 amide bonds. The van der Waals surface area contributed by atoms with E-state index in [2.05, 4.69) is 77.5 Å². The van der Waals surface area contributed by atoms with Crippen LogP contribution in [0, 0.1) is 5.92 Å². The van der Waals surface area contributed by atoms with Crippen LogP contribution in [0.25, 0.3) is 0 Å². The molecule has 1 aliphatic carbocycles. The third-order valence-corrected chi connectivity index (χ3v) is 4.84. The predicted octanol–water partition coefficient (Wildman–Crippen LogP) is 5.29. The number of halogens is 1. The molecule has 2 aromatic rings. The molecule has 0 aromatic heterocycles. The van der Waals surface area contributed by atoms with Gasteiger partial charge in [-0.2, -0.15) is 0 Å². The zero-order chi connectivity index (χ0) is 12.5. The molecule has 92 valence electrons. The average molecular weight is 301 g/mol. The van der Waals surface area contributed by atoms with Crippen LogP contribution < -0.4 is 0 Å². The molecule has 0 spiro atoms. The topological polar surface area (TPSA) is 0 Å². The summed E-state index contributed by atoms with van der Waals surface area (Å²) in [6.07, 6.45) is 1.20. The molecule has 3 rings (SSSR count). The maximum Gasteiger partial charge on any atom is 0.0401 e. The lowest BCUT2D eigenvalue weighted by molar-refractivity contribution is 0.444. The fourth-order valence-electron chi connectivity index (χ4n) is 3.14. The molecule has 0 aliphatic heterocycles. The van der Waals surface area contributed by atoms with Crippen molar-refractivity contribution in [1.82, 2.24) is 0 Å². The van der Waals surface area contributed by atoms with Gasteiger partial charge < -0.3 is 0 Å². The van der Waals surface area contributed by atoms with Gasteiger partial charge in [-0.05, 0) is 29.0 Å². The standard InChI is InChI=1S/C17H17Br/c1-12-11-16(18)14-9-5-6-10-15(14)17(12)13-7-3-2-4-8-13/h2-10,12,16-17H,11H2,1H3. The van der Waals surface area contributed by atoms with Crippen molar-refractivity contribution >= 4 is 15.9 Å². The van der Waals surface area contributed by atoms with Crippen LogP contribution in [-0.2, 0) is 0 Å². The maximum atomic E-state index is 3.83. The van der Waals surface area contributed by atoms with E-state index in [9.17, 15) is 0 Å². The van der Waals surface area contributed by atoms with Crippen molar-refractivity contribution < 1.29 is 0 Å². The minimum absolute atomic E-state index is 0.503. The third-order valence-electron chi connectivity index (χ3n) is 3.97. The van der Waals surface area contributed by atoms with E-state index in [4.69, 9.17) is 0 Å². The number of hydrogen-bond donors (Lipinski definition) is 0. The van der Waals surface area contributed by atoms with Crippen LogP contribution in [0.3, 0.4) is 0 Å². The number of hydrogen-bond acceptors (Lipinski definition) is 0. The van der Waals surface area contributed by atoms with Gasteiger partial charge in [-0.1, -0.05) is 77.5 Å². The van der Waals surface area contributed by atoms with Gasteiger partial charge in [0.2, 0.25) is 0 Å². The van der Waals surface area contributed by atoms with Crippen LogP contribution in [0.2, 0.25) is 0 Å². The molecule has 0 heterocycles. The normalized spacial score (nSPS) is 26.7. The Morgan fingerprint density at radius 1 is 0.889 bits per heavy atom. The van der Waals surface area contributed by atoms with Gasteiger partial charge in [0.15, 0.2) is 0 Å². The average Bonchev–Trinajstić information content (AvgIpc) is 2.40. The SMILES string of the molecule is CC1CC(Br)c2ccccc2C1c1ccccc1. The molecule has 1 aliphatic rings. The van der Waals surface area contributed by atoms with Gasteiger partial charge in [0, 0.05) is 10.7 Å². The van der Waals surface area contributed by atoms with Crippen molar-refractivity contribution in [3.63, 3.8) is 0 Å². The fraction of sp³-hybridized carbons (Fsp3) is 0.294. The highest BCUT2D eigenvalue weighted by Gasteiger charge is 2.31. The smallest absolute Gasteiger partial charge is 0.0401 e. The van der Waals surface area contributed by atoms with Crippen LogP contribution in [0.1, 0.15) is 40.8 Å². The van der Waals surface area contributed by atoms with E-state index >= 15 is 0 Å². The third kappa shape index (κ3) is 2.01. The second-order valence-electron chi connectivity index (χ2n) is 5.20. The summed E-state index contributed by atoms with van der Waals surface area (Å²) in [5.74, 6) is 1.21. The quantitative estimate of drug-likeness (QED) is 0.627. The second kappa shape index (κ2) is 4.89. The molecule has 0 radical (unpaired) electrons. The molecule has 3 atom stereocenters.